The summed E-state index contributed by atoms with van der Waals surface area (Å²) in [7, 11) is 0. The fraction of sp³-hybridized carbons (Fsp3) is 0.353. The maximum Gasteiger partial charge on any atom is 0.268 e. The third kappa shape index (κ3) is 3.83. The van der Waals surface area contributed by atoms with E-state index in [2.05, 4.69) is 20.7 Å². The van der Waals surface area contributed by atoms with E-state index in [9.17, 15) is 4.79 Å². The monoisotopic (exact) mass is 347 g/mol. The molecule has 1 heterocycles. The first-order chi connectivity index (χ1) is 11.6. The number of carbonyl (C=O) groups excluding carboxylic acids is 1. The molecule has 0 spiro atoms. The molecule has 6 nitrogen and oxygen atoms in total. The fourth-order valence-electron chi connectivity index (χ4n) is 2.59. The molecular formula is C17H22ClN5O. The average Bonchev–Trinajstić information content (AvgIpc) is 2.60. The van der Waals surface area contributed by atoms with E-state index in [0.29, 0.717) is 16.5 Å². The highest BCUT2D eigenvalue weighted by Gasteiger charge is 2.39. The number of amides is 1. The van der Waals surface area contributed by atoms with Crippen molar-refractivity contribution in [3.63, 3.8) is 0 Å². The van der Waals surface area contributed by atoms with Gasteiger partial charge < -0.3 is 5.32 Å². The third-order valence-electron chi connectivity index (χ3n) is 4.00. The summed E-state index contributed by atoms with van der Waals surface area (Å²) in [5, 5.41) is 4.10. The quantitative estimate of drug-likeness (QED) is 0.448. The zero-order valence-electron chi connectivity index (χ0n) is 13.8. The van der Waals surface area contributed by atoms with Crippen LogP contribution in [0.15, 0.2) is 36.7 Å². The molecule has 2 aromatic rings. The number of nitrogen functional groups attached to an aromatic ring is 1. The molecular weight excluding hydrogens is 326 g/mol. The van der Waals surface area contributed by atoms with Gasteiger partial charge in [0, 0.05) is 17.4 Å². The molecule has 3 rings (SSSR count). The molecule has 0 unspecified atom stereocenters. The molecule has 0 radical (unpaired) electrons. The summed E-state index contributed by atoms with van der Waals surface area (Å²) in [5.74, 6) is 5.16. The number of halogens is 1. The Morgan fingerprint density at radius 1 is 1.17 bits per heavy atom. The standard InChI is InChI=1S/C15H16ClN5O.C2H6/c16-12-4-2-11(3-5-12)15(6-1-7-15)20-14-18-8-10(9-19-14)13(22)21-17;1-2/h2-5,8-9H,1,6-7,17H2,(H,21,22)(H,18,19,20);1-2H3. The zero-order valence-corrected chi connectivity index (χ0v) is 14.6. The lowest BCUT2D eigenvalue weighted by molar-refractivity contribution is 0.0953. The lowest BCUT2D eigenvalue weighted by Crippen LogP contribution is -2.42. The smallest absolute Gasteiger partial charge is 0.268 e. The molecule has 0 atom stereocenters. The van der Waals surface area contributed by atoms with Crippen LogP contribution in [0.3, 0.4) is 0 Å². The van der Waals surface area contributed by atoms with Crippen LogP contribution in [-0.4, -0.2) is 15.9 Å². The lowest BCUT2D eigenvalue weighted by Gasteiger charge is -2.43. The minimum atomic E-state index is -0.414. The van der Waals surface area contributed by atoms with Gasteiger partial charge in [0.05, 0.1) is 11.1 Å². The van der Waals surface area contributed by atoms with Crippen LogP contribution in [0.5, 0.6) is 0 Å². The molecule has 0 saturated heterocycles. The number of hydrogen-bond donors (Lipinski definition) is 3. The van der Waals surface area contributed by atoms with Gasteiger partial charge in [-0.1, -0.05) is 37.6 Å². The van der Waals surface area contributed by atoms with E-state index < -0.39 is 5.91 Å². The second-order valence-electron chi connectivity index (χ2n) is 5.34. The van der Waals surface area contributed by atoms with Gasteiger partial charge in [-0.3, -0.25) is 10.2 Å². The Kier molecular flexibility index (Phi) is 6.11. The van der Waals surface area contributed by atoms with Crippen LogP contribution in [0.4, 0.5) is 5.95 Å². The fourth-order valence-corrected chi connectivity index (χ4v) is 2.72. The van der Waals surface area contributed by atoms with E-state index in [1.54, 1.807) is 0 Å². The van der Waals surface area contributed by atoms with Crippen LogP contribution < -0.4 is 16.6 Å². The summed E-state index contributed by atoms with van der Waals surface area (Å²) >= 11 is 5.95. The van der Waals surface area contributed by atoms with Gasteiger partial charge in [-0.15, -0.1) is 0 Å². The van der Waals surface area contributed by atoms with E-state index in [1.807, 2.05) is 38.1 Å². The molecule has 0 bridgehead atoms. The van der Waals surface area contributed by atoms with E-state index in [-0.39, 0.29) is 5.54 Å². The van der Waals surface area contributed by atoms with Gasteiger partial charge >= 0.3 is 0 Å². The molecule has 0 aliphatic heterocycles. The van der Waals surface area contributed by atoms with Crippen LogP contribution in [0, 0.1) is 0 Å². The van der Waals surface area contributed by atoms with Crippen molar-refractivity contribution in [3.05, 3.63) is 52.8 Å². The summed E-state index contributed by atoms with van der Waals surface area (Å²) in [6.07, 6.45) is 6.05. The van der Waals surface area contributed by atoms with Crippen LogP contribution >= 0.6 is 11.6 Å². The number of anilines is 1. The molecule has 1 fully saturated rings. The molecule has 1 aliphatic rings. The van der Waals surface area contributed by atoms with Gasteiger partial charge in [0.2, 0.25) is 5.95 Å². The number of benzene rings is 1. The molecule has 1 aromatic carbocycles. The highest BCUT2D eigenvalue weighted by atomic mass is 35.5. The van der Waals surface area contributed by atoms with Crippen molar-refractivity contribution in [2.75, 3.05) is 5.32 Å². The van der Waals surface area contributed by atoms with E-state index >= 15 is 0 Å². The Morgan fingerprint density at radius 3 is 2.21 bits per heavy atom. The van der Waals surface area contributed by atoms with Gasteiger partial charge in [0.15, 0.2) is 0 Å². The van der Waals surface area contributed by atoms with Gasteiger partial charge in [-0.2, -0.15) is 0 Å². The molecule has 1 amide bonds. The number of aromatic nitrogens is 2. The number of nitrogens with two attached hydrogens (primary N) is 1. The Balaban J connectivity index is 0.00000100. The molecule has 1 saturated carbocycles. The second kappa shape index (κ2) is 8.08. The number of hydrogen-bond acceptors (Lipinski definition) is 5. The number of carbonyl (C=O) groups is 1. The largest absolute Gasteiger partial charge is 0.345 e. The second-order valence-corrected chi connectivity index (χ2v) is 5.77. The van der Waals surface area contributed by atoms with Gasteiger partial charge in [0.25, 0.3) is 5.91 Å². The number of nitrogens with zero attached hydrogens (tertiary/aromatic N) is 2. The zero-order chi connectivity index (χ0) is 17.6. The summed E-state index contributed by atoms with van der Waals surface area (Å²) in [5.41, 5.74) is 3.37. The van der Waals surface area contributed by atoms with Crippen molar-refractivity contribution < 1.29 is 4.79 Å². The highest BCUT2D eigenvalue weighted by molar-refractivity contribution is 6.30. The van der Waals surface area contributed by atoms with Crippen LogP contribution in [0.2, 0.25) is 5.02 Å². The van der Waals surface area contributed by atoms with Crippen LogP contribution in [-0.2, 0) is 5.54 Å². The van der Waals surface area contributed by atoms with Crippen molar-refractivity contribution >= 4 is 23.5 Å². The van der Waals surface area contributed by atoms with Crippen LogP contribution in [0.25, 0.3) is 0 Å². The van der Waals surface area contributed by atoms with Crippen molar-refractivity contribution in [3.8, 4) is 0 Å². The molecule has 24 heavy (non-hydrogen) atoms. The van der Waals surface area contributed by atoms with E-state index in [4.69, 9.17) is 17.4 Å². The van der Waals surface area contributed by atoms with Crippen molar-refractivity contribution in [2.24, 2.45) is 5.84 Å². The normalized spacial score (nSPS) is 14.7. The summed E-state index contributed by atoms with van der Waals surface area (Å²) in [6, 6.07) is 7.80. The molecule has 1 aromatic heterocycles. The number of nitrogens with one attached hydrogen (secondary N) is 2. The highest BCUT2D eigenvalue weighted by Crippen LogP contribution is 2.43. The Hall–Kier alpha value is -2.18. The molecule has 4 N–H and O–H groups in total. The first-order valence-electron chi connectivity index (χ1n) is 8.00. The third-order valence-corrected chi connectivity index (χ3v) is 4.25. The number of rotatable bonds is 4. The predicted octanol–water partition coefficient (Wildman–Crippen LogP) is 3.25. The summed E-state index contributed by atoms with van der Waals surface area (Å²) < 4.78 is 0. The van der Waals surface area contributed by atoms with Gasteiger partial charge in [-0.25, -0.2) is 15.8 Å². The summed E-state index contributed by atoms with van der Waals surface area (Å²) in [6.45, 7) is 4.00. The Morgan fingerprint density at radius 2 is 1.75 bits per heavy atom. The van der Waals surface area contributed by atoms with E-state index in [0.717, 1.165) is 24.8 Å². The maximum absolute atomic E-state index is 11.4. The molecule has 128 valence electrons. The minimum Gasteiger partial charge on any atom is -0.345 e. The first-order valence-corrected chi connectivity index (χ1v) is 8.38. The predicted molar refractivity (Wildman–Crippen MR) is 95.6 cm³/mol. The van der Waals surface area contributed by atoms with Gasteiger partial charge in [-0.05, 0) is 37.0 Å². The molecule has 1 aliphatic carbocycles. The minimum absolute atomic E-state index is 0.164. The SMILES string of the molecule is CC.NNC(=O)c1cnc(NC2(c3ccc(Cl)cc3)CCC2)nc1. The maximum atomic E-state index is 11.4. The first kappa shape index (κ1) is 18.2. The summed E-state index contributed by atoms with van der Waals surface area (Å²) in [4.78, 5) is 19.8. The Labute approximate surface area is 146 Å². The molecule has 7 heteroatoms. The van der Waals surface area contributed by atoms with Crippen molar-refractivity contribution in [1.82, 2.24) is 15.4 Å². The van der Waals surface area contributed by atoms with Crippen LogP contribution in [0.1, 0.15) is 49.0 Å². The van der Waals surface area contributed by atoms with Crippen molar-refractivity contribution in [2.45, 2.75) is 38.6 Å². The van der Waals surface area contributed by atoms with Crippen molar-refractivity contribution in [1.29, 1.82) is 0 Å². The number of hydrazine groups is 1. The van der Waals surface area contributed by atoms with E-state index in [1.165, 1.54) is 12.4 Å². The average molecular weight is 348 g/mol. The topological polar surface area (TPSA) is 92.9 Å². The lowest BCUT2D eigenvalue weighted by atomic mass is 9.72. The van der Waals surface area contributed by atoms with Gasteiger partial charge in [0.1, 0.15) is 0 Å². The Bertz CT molecular complexity index is 668.